The van der Waals surface area contributed by atoms with Crippen LogP contribution in [0.4, 0.5) is 0 Å². The van der Waals surface area contributed by atoms with E-state index >= 15 is 0 Å². The van der Waals surface area contributed by atoms with Gasteiger partial charge in [-0.2, -0.15) is 0 Å². The Kier molecular flexibility index (Phi) is 8.42. The highest BCUT2D eigenvalue weighted by Crippen LogP contribution is 2.28. The molecule has 1 aromatic heterocycles. The lowest BCUT2D eigenvalue weighted by Gasteiger charge is -2.39. The van der Waals surface area contributed by atoms with Crippen LogP contribution in [-0.4, -0.2) is 82.0 Å². The number of hydrogen-bond acceptors (Lipinski definition) is 4. The van der Waals surface area contributed by atoms with Crippen LogP contribution in [0.3, 0.4) is 0 Å². The third kappa shape index (κ3) is 6.55. The van der Waals surface area contributed by atoms with Gasteiger partial charge in [0.15, 0.2) is 0 Å². The van der Waals surface area contributed by atoms with Crippen LogP contribution in [0.1, 0.15) is 70.0 Å². The SMILES string of the molecule is Cc1nccn1CCC(=O)N(CCN1CCCCC1)CC1CCCN(C2CCCC2)C1. The molecule has 0 N–H and O–H groups in total. The molecule has 0 aromatic carbocycles. The lowest BCUT2D eigenvalue weighted by molar-refractivity contribution is -0.132. The van der Waals surface area contributed by atoms with E-state index in [1.165, 1.54) is 84.0 Å². The predicted molar refractivity (Wildman–Crippen MR) is 125 cm³/mol. The van der Waals surface area contributed by atoms with E-state index in [2.05, 4.69) is 24.3 Å². The highest BCUT2D eigenvalue weighted by Gasteiger charge is 2.29. The Morgan fingerprint density at radius 2 is 1.84 bits per heavy atom. The third-order valence-electron chi connectivity index (χ3n) is 7.85. The smallest absolute Gasteiger partial charge is 0.224 e. The molecular formula is C25H43N5O. The Morgan fingerprint density at radius 3 is 2.58 bits per heavy atom. The van der Waals surface area contributed by atoms with Crippen molar-refractivity contribution in [2.24, 2.45) is 5.92 Å². The summed E-state index contributed by atoms with van der Waals surface area (Å²) in [4.78, 5) is 25.1. The Bertz CT molecular complexity index is 677. The Morgan fingerprint density at radius 1 is 1.03 bits per heavy atom. The van der Waals surface area contributed by atoms with Crippen LogP contribution in [0.2, 0.25) is 0 Å². The van der Waals surface area contributed by atoms with Gasteiger partial charge >= 0.3 is 0 Å². The van der Waals surface area contributed by atoms with Crippen molar-refractivity contribution in [3.8, 4) is 0 Å². The van der Waals surface area contributed by atoms with Crippen LogP contribution in [0.5, 0.6) is 0 Å². The number of carbonyl (C=O) groups excluding carboxylic acids is 1. The van der Waals surface area contributed by atoms with Gasteiger partial charge in [-0.15, -0.1) is 0 Å². The lowest BCUT2D eigenvalue weighted by Crippen LogP contribution is -2.47. The molecule has 1 saturated carbocycles. The Labute approximate surface area is 189 Å². The number of amides is 1. The quantitative estimate of drug-likeness (QED) is 0.602. The molecule has 0 spiro atoms. The first-order valence-electron chi connectivity index (χ1n) is 12.9. The first-order valence-corrected chi connectivity index (χ1v) is 12.9. The first-order chi connectivity index (χ1) is 15.2. The van der Waals surface area contributed by atoms with E-state index in [1.807, 2.05) is 19.3 Å². The Balaban J connectivity index is 1.33. The number of aromatic nitrogens is 2. The van der Waals surface area contributed by atoms with Crippen LogP contribution in [0, 0.1) is 12.8 Å². The number of likely N-dealkylation sites (tertiary alicyclic amines) is 2. The van der Waals surface area contributed by atoms with Gasteiger partial charge in [-0.3, -0.25) is 4.79 Å². The maximum atomic E-state index is 13.3. The molecule has 1 unspecified atom stereocenters. The Hall–Kier alpha value is -1.40. The highest BCUT2D eigenvalue weighted by atomic mass is 16.2. The van der Waals surface area contributed by atoms with Crippen molar-refractivity contribution in [3.63, 3.8) is 0 Å². The molecule has 6 heteroatoms. The molecule has 0 radical (unpaired) electrons. The second-order valence-electron chi connectivity index (χ2n) is 10.1. The van der Waals surface area contributed by atoms with Gasteiger partial charge in [0, 0.05) is 57.6 Å². The largest absolute Gasteiger partial charge is 0.341 e. The number of rotatable bonds is 9. The predicted octanol–water partition coefficient (Wildman–Crippen LogP) is 3.55. The van der Waals surface area contributed by atoms with Crippen LogP contribution >= 0.6 is 0 Å². The van der Waals surface area contributed by atoms with Gasteiger partial charge in [0.05, 0.1) is 0 Å². The van der Waals surface area contributed by atoms with Crippen molar-refractivity contribution in [3.05, 3.63) is 18.2 Å². The standard InChI is InChI=1S/C25H43N5O/c1-22-26-12-17-28(22)16-11-25(31)30(19-18-27-13-5-2-6-14-27)21-23-8-7-15-29(20-23)24-9-3-4-10-24/h12,17,23-24H,2-11,13-16,18-21H2,1H3. The fourth-order valence-corrected chi connectivity index (χ4v) is 5.94. The lowest BCUT2D eigenvalue weighted by atomic mass is 9.95. The molecule has 2 aliphatic heterocycles. The van der Waals surface area contributed by atoms with Crippen molar-refractivity contribution in [2.75, 3.05) is 45.8 Å². The maximum Gasteiger partial charge on any atom is 0.224 e. The number of carbonyl (C=O) groups is 1. The average Bonchev–Trinajstić information content (AvgIpc) is 3.48. The van der Waals surface area contributed by atoms with Crippen LogP contribution < -0.4 is 0 Å². The number of imidazole rings is 1. The van der Waals surface area contributed by atoms with Gasteiger partial charge < -0.3 is 19.3 Å². The molecule has 174 valence electrons. The second-order valence-corrected chi connectivity index (χ2v) is 10.1. The van der Waals surface area contributed by atoms with E-state index in [-0.39, 0.29) is 0 Å². The van der Waals surface area contributed by atoms with Crippen LogP contribution in [-0.2, 0) is 11.3 Å². The molecule has 6 nitrogen and oxygen atoms in total. The van der Waals surface area contributed by atoms with Crippen LogP contribution in [0.15, 0.2) is 12.4 Å². The molecule has 1 amide bonds. The van der Waals surface area contributed by atoms with E-state index in [1.54, 1.807) is 0 Å². The van der Waals surface area contributed by atoms with E-state index in [4.69, 9.17) is 0 Å². The van der Waals surface area contributed by atoms with Crippen molar-refractivity contribution in [1.82, 2.24) is 24.3 Å². The molecule has 4 rings (SSSR count). The minimum Gasteiger partial charge on any atom is -0.341 e. The topological polar surface area (TPSA) is 44.6 Å². The number of nitrogens with zero attached hydrogens (tertiary/aromatic N) is 5. The van der Waals surface area contributed by atoms with Crippen molar-refractivity contribution >= 4 is 5.91 Å². The fourth-order valence-electron chi connectivity index (χ4n) is 5.94. The van der Waals surface area contributed by atoms with Gasteiger partial charge in [0.1, 0.15) is 5.82 Å². The normalized spacial score (nSPS) is 24.0. The molecular weight excluding hydrogens is 386 g/mol. The zero-order valence-electron chi connectivity index (χ0n) is 19.7. The van der Waals surface area contributed by atoms with Gasteiger partial charge in [0.2, 0.25) is 5.91 Å². The molecule has 1 aromatic rings. The zero-order valence-corrected chi connectivity index (χ0v) is 19.7. The fraction of sp³-hybridized carbons (Fsp3) is 0.840. The van der Waals surface area contributed by atoms with E-state index in [0.29, 0.717) is 18.2 Å². The minimum atomic E-state index is 0.322. The summed E-state index contributed by atoms with van der Waals surface area (Å²) < 4.78 is 2.10. The molecule has 3 aliphatic rings. The van der Waals surface area contributed by atoms with Crippen molar-refractivity contribution < 1.29 is 4.79 Å². The monoisotopic (exact) mass is 429 g/mol. The second kappa shape index (κ2) is 11.5. The summed E-state index contributed by atoms with van der Waals surface area (Å²) in [5.41, 5.74) is 0. The maximum absolute atomic E-state index is 13.3. The summed E-state index contributed by atoms with van der Waals surface area (Å²) >= 11 is 0. The molecule has 1 atom stereocenters. The van der Waals surface area contributed by atoms with E-state index in [0.717, 1.165) is 38.0 Å². The summed E-state index contributed by atoms with van der Waals surface area (Å²) in [6.07, 6.45) is 16.5. The van der Waals surface area contributed by atoms with Gasteiger partial charge in [-0.25, -0.2) is 4.98 Å². The minimum absolute atomic E-state index is 0.322. The molecule has 3 fully saturated rings. The van der Waals surface area contributed by atoms with E-state index in [9.17, 15) is 4.79 Å². The molecule has 1 aliphatic carbocycles. The summed E-state index contributed by atoms with van der Waals surface area (Å²) in [5.74, 6) is 1.95. The van der Waals surface area contributed by atoms with Gasteiger partial charge in [0.25, 0.3) is 0 Å². The third-order valence-corrected chi connectivity index (χ3v) is 7.85. The van der Waals surface area contributed by atoms with Crippen molar-refractivity contribution in [1.29, 1.82) is 0 Å². The average molecular weight is 430 g/mol. The van der Waals surface area contributed by atoms with Crippen LogP contribution in [0.25, 0.3) is 0 Å². The highest BCUT2D eigenvalue weighted by molar-refractivity contribution is 5.76. The summed E-state index contributed by atoms with van der Waals surface area (Å²) in [7, 11) is 0. The summed E-state index contributed by atoms with van der Waals surface area (Å²) in [6.45, 7) is 10.5. The number of aryl methyl sites for hydroxylation is 2. The van der Waals surface area contributed by atoms with Crippen molar-refractivity contribution in [2.45, 2.75) is 83.7 Å². The molecule has 2 saturated heterocycles. The zero-order chi connectivity index (χ0) is 21.5. The van der Waals surface area contributed by atoms with Gasteiger partial charge in [-0.1, -0.05) is 19.3 Å². The number of piperidine rings is 2. The summed E-state index contributed by atoms with van der Waals surface area (Å²) in [5, 5.41) is 0. The molecule has 0 bridgehead atoms. The number of hydrogen-bond donors (Lipinski definition) is 0. The molecule has 31 heavy (non-hydrogen) atoms. The van der Waals surface area contributed by atoms with Gasteiger partial charge in [-0.05, 0) is 71.0 Å². The first kappa shape index (κ1) is 22.8. The molecule has 3 heterocycles. The summed E-state index contributed by atoms with van der Waals surface area (Å²) in [6, 6.07) is 0.810. The van der Waals surface area contributed by atoms with E-state index < -0.39 is 0 Å².